The quantitative estimate of drug-likeness (QED) is 0.914. The van der Waals surface area contributed by atoms with Crippen LogP contribution in [0.15, 0.2) is 36.4 Å². The first-order chi connectivity index (χ1) is 9.52. The molecule has 20 heavy (non-hydrogen) atoms. The highest BCUT2D eigenvalue weighted by Gasteiger charge is 2.12. The molecule has 2 rings (SSSR count). The molecule has 0 heterocycles. The lowest BCUT2D eigenvalue weighted by Gasteiger charge is -2.17. The highest BCUT2D eigenvalue weighted by molar-refractivity contribution is 5.39. The Balaban J connectivity index is 2.24. The van der Waals surface area contributed by atoms with Gasteiger partial charge in [0.1, 0.15) is 5.75 Å². The standard InChI is InChI=1S/C18H23NO/c1-12-6-5-7-13(2)16(12)11-17(19)15-8-9-18(20-4)14(3)10-15/h5-10,17H,11,19H2,1-4H3. The van der Waals surface area contributed by atoms with Crippen molar-refractivity contribution in [3.63, 3.8) is 0 Å². The molecule has 0 aliphatic rings. The largest absolute Gasteiger partial charge is 0.496 e. The summed E-state index contributed by atoms with van der Waals surface area (Å²) in [6.45, 7) is 6.34. The SMILES string of the molecule is COc1ccc(C(N)Cc2c(C)cccc2C)cc1C. The molecule has 0 bridgehead atoms. The van der Waals surface area contributed by atoms with Crippen molar-refractivity contribution in [3.05, 3.63) is 64.2 Å². The van der Waals surface area contributed by atoms with Crippen LogP contribution in [0.3, 0.4) is 0 Å². The van der Waals surface area contributed by atoms with Crippen LogP contribution in [0.2, 0.25) is 0 Å². The minimum absolute atomic E-state index is 0.0133. The fourth-order valence-electron chi connectivity index (χ4n) is 2.64. The van der Waals surface area contributed by atoms with Gasteiger partial charge in [0.15, 0.2) is 0 Å². The van der Waals surface area contributed by atoms with Crippen molar-refractivity contribution in [2.75, 3.05) is 7.11 Å². The third-order valence-electron chi connectivity index (χ3n) is 3.92. The Hall–Kier alpha value is -1.80. The Kier molecular flexibility index (Phi) is 4.46. The molecule has 1 atom stereocenters. The minimum atomic E-state index is 0.0133. The second-order valence-corrected chi connectivity index (χ2v) is 5.41. The van der Waals surface area contributed by atoms with Gasteiger partial charge in [-0.3, -0.25) is 0 Å². The van der Waals surface area contributed by atoms with Crippen molar-refractivity contribution in [1.82, 2.24) is 0 Å². The molecular weight excluding hydrogens is 246 g/mol. The zero-order chi connectivity index (χ0) is 14.7. The molecular formula is C18H23NO. The molecule has 2 nitrogen and oxygen atoms in total. The van der Waals surface area contributed by atoms with E-state index < -0.39 is 0 Å². The predicted molar refractivity (Wildman–Crippen MR) is 84.3 cm³/mol. The van der Waals surface area contributed by atoms with Gasteiger partial charge in [0.2, 0.25) is 0 Å². The van der Waals surface area contributed by atoms with Gasteiger partial charge in [-0.1, -0.05) is 30.3 Å². The molecule has 2 aromatic rings. The van der Waals surface area contributed by atoms with Crippen molar-refractivity contribution in [1.29, 1.82) is 0 Å². The molecule has 0 spiro atoms. The lowest BCUT2D eigenvalue weighted by molar-refractivity contribution is 0.411. The van der Waals surface area contributed by atoms with E-state index in [-0.39, 0.29) is 6.04 Å². The van der Waals surface area contributed by atoms with Crippen LogP contribution >= 0.6 is 0 Å². The zero-order valence-electron chi connectivity index (χ0n) is 12.7. The molecule has 2 N–H and O–H groups in total. The van der Waals surface area contributed by atoms with Crippen molar-refractivity contribution in [3.8, 4) is 5.75 Å². The second-order valence-electron chi connectivity index (χ2n) is 5.41. The van der Waals surface area contributed by atoms with E-state index in [1.54, 1.807) is 7.11 Å². The highest BCUT2D eigenvalue weighted by Crippen LogP contribution is 2.25. The molecule has 0 aliphatic carbocycles. The van der Waals surface area contributed by atoms with Gasteiger partial charge >= 0.3 is 0 Å². The fourth-order valence-corrected chi connectivity index (χ4v) is 2.64. The fraction of sp³-hybridized carbons (Fsp3) is 0.333. The molecule has 0 amide bonds. The summed E-state index contributed by atoms with van der Waals surface area (Å²) >= 11 is 0. The van der Waals surface area contributed by atoms with E-state index in [1.165, 1.54) is 16.7 Å². The lowest BCUT2D eigenvalue weighted by Crippen LogP contribution is -2.15. The summed E-state index contributed by atoms with van der Waals surface area (Å²) in [6.07, 6.45) is 0.865. The maximum absolute atomic E-state index is 6.38. The molecule has 0 fully saturated rings. The Bertz CT molecular complexity index is 584. The second kappa shape index (κ2) is 6.10. The Labute approximate surface area is 121 Å². The van der Waals surface area contributed by atoms with E-state index >= 15 is 0 Å². The highest BCUT2D eigenvalue weighted by atomic mass is 16.5. The van der Waals surface area contributed by atoms with Crippen molar-refractivity contribution in [2.45, 2.75) is 33.2 Å². The van der Waals surface area contributed by atoms with Gasteiger partial charge in [-0.2, -0.15) is 0 Å². The Morgan fingerprint density at radius 2 is 1.65 bits per heavy atom. The van der Waals surface area contributed by atoms with Gasteiger partial charge in [0.25, 0.3) is 0 Å². The number of methoxy groups -OCH3 is 1. The van der Waals surface area contributed by atoms with E-state index in [1.807, 2.05) is 13.0 Å². The predicted octanol–water partition coefficient (Wildman–Crippen LogP) is 3.86. The summed E-state index contributed by atoms with van der Waals surface area (Å²) in [5, 5.41) is 0. The third-order valence-corrected chi connectivity index (χ3v) is 3.92. The maximum Gasteiger partial charge on any atom is 0.121 e. The number of hydrogen-bond acceptors (Lipinski definition) is 2. The smallest absolute Gasteiger partial charge is 0.121 e. The summed E-state index contributed by atoms with van der Waals surface area (Å²) in [5.41, 5.74) is 12.6. The van der Waals surface area contributed by atoms with Gasteiger partial charge in [-0.15, -0.1) is 0 Å². The number of hydrogen-bond donors (Lipinski definition) is 1. The maximum atomic E-state index is 6.38. The van der Waals surface area contributed by atoms with Crippen LogP contribution in [0.4, 0.5) is 0 Å². The van der Waals surface area contributed by atoms with Gasteiger partial charge in [-0.25, -0.2) is 0 Å². The minimum Gasteiger partial charge on any atom is -0.496 e. The van der Waals surface area contributed by atoms with Gasteiger partial charge in [0.05, 0.1) is 7.11 Å². The van der Waals surface area contributed by atoms with Crippen LogP contribution in [-0.4, -0.2) is 7.11 Å². The zero-order valence-corrected chi connectivity index (χ0v) is 12.7. The van der Waals surface area contributed by atoms with Gasteiger partial charge in [-0.05, 0) is 61.1 Å². The van der Waals surface area contributed by atoms with Crippen molar-refractivity contribution >= 4 is 0 Å². The van der Waals surface area contributed by atoms with Crippen LogP contribution in [0, 0.1) is 20.8 Å². The number of ether oxygens (including phenoxy) is 1. The number of aryl methyl sites for hydroxylation is 3. The van der Waals surface area contributed by atoms with E-state index in [0.29, 0.717) is 0 Å². The van der Waals surface area contributed by atoms with E-state index in [2.05, 4.69) is 44.2 Å². The van der Waals surface area contributed by atoms with E-state index in [0.717, 1.165) is 23.3 Å². The normalized spacial score (nSPS) is 12.2. The molecule has 2 aromatic carbocycles. The average Bonchev–Trinajstić information content (AvgIpc) is 2.42. The molecule has 0 saturated carbocycles. The average molecular weight is 269 g/mol. The Morgan fingerprint density at radius 1 is 1.00 bits per heavy atom. The summed E-state index contributed by atoms with van der Waals surface area (Å²) in [7, 11) is 1.69. The third kappa shape index (κ3) is 3.02. The van der Waals surface area contributed by atoms with Crippen LogP contribution in [-0.2, 0) is 6.42 Å². The first-order valence-corrected chi connectivity index (χ1v) is 6.98. The summed E-state index contributed by atoms with van der Waals surface area (Å²) in [4.78, 5) is 0. The molecule has 0 saturated heterocycles. The van der Waals surface area contributed by atoms with Crippen molar-refractivity contribution in [2.24, 2.45) is 5.73 Å². The number of rotatable bonds is 4. The molecule has 0 radical (unpaired) electrons. The van der Waals surface area contributed by atoms with Crippen LogP contribution in [0.1, 0.15) is 33.9 Å². The summed E-state index contributed by atoms with van der Waals surface area (Å²) in [5.74, 6) is 0.910. The van der Waals surface area contributed by atoms with Crippen molar-refractivity contribution < 1.29 is 4.74 Å². The van der Waals surface area contributed by atoms with Crippen LogP contribution < -0.4 is 10.5 Å². The topological polar surface area (TPSA) is 35.2 Å². The Morgan fingerprint density at radius 3 is 2.20 bits per heavy atom. The van der Waals surface area contributed by atoms with Crippen LogP contribution in [0.25, 0.3) is 0 Å². The first-order valence-electron chi connectivity index (χ1n) is 6.98. The van der Waals surface area contributed by atoms with Gasteiger partial charge < -0.3 is 10.5 Å². The first kappa shape index (κ1) is 14.6. The molecule has 106 valence electrons. The lowest BCUT2D eigenvalue weighted by atomic mass is 9.93. The van der Waals surface area contributed by atoms with E-state index in [4.69, 9.17) is 10.5 Å². The van der Waals surface area contributed by atoms with Crippen LogP contribution in [0.5, 0.6) is 5.75 Å². The monoisotopic (exact) mass is 269 g/mol. The number of benzene rings is 2. The molecule has 0 aliphatic heterocycles. The molecule has 1 unspecified atom stereocenters. The summed E-state index contributed by atoms with van der Waals surface area (Å²) in [6, 6.07) is 12.6. The molecule has 0 aromatic heterocycles. The number of nitrogens with two attached hydrogens (primary N) is 1. The summed E-state index contributed by atoms with van der Waals surface area (Å²) < 4.78 is 5.30. The van der Waals surface area contributed by atoms with Gasteiger partial charge in [0, 0.05) is 6.04 Å². The van der Waals surface area contributed by atoms with E-state index in [9.17, 15) is 0 Å². The molecule has 2 heteroatoms.